The Morgan fingerprint density at radius 1 is 1.33 bits per heavy atom. The summed E-state index contributed by atoms with van der Waals surface area (Å²) in [6.07, 6.45) is 1.29. The summed E-state index contributed by atoms with van der Waals surface area (Å²) in [4.78, 5) is 7.09. The molecule has 0 radical (unpaired) electrons. The highest BCUT2D eigenvalue weighted by atomic mass is 127. The lowest BCUT2D eigenvalue weighted by molar-refractivity contribution is -0.0669. The Labute approximate surface area is 129 Å². The monoisotopic (exact) mass is 365 g/mol. The van der Waals surface area contributed by atoms with Gasteiger partial charge in [-0.2, -0.15) is 0 Å². The fraction of sp³-hybridized carbons (Fsp3) is 0.929. The van der Waals surface area contributed by atoms with Gasteiger partial charge in [-0.1, -0.05) is 20.8 Å². The molecule has 0 aromatic carbocycles. The highest BCUT2D eigenvalue weighted by Crippen LogP contribution is 2.46. The molecule has 2 aliphatic rings. The van der Waals surface area contributed by atoms with Gasteiger partial charge in [-0.3, -0.25) is 4.99 Å². The van der Waals surface area contributed by atoms with Crippen LogP contribution in [-0.4, -0.2) is 35.5 Å². The Balaban J connectivity index is 0.00000162. The lowest BCUT2D eigenvalue weighted by Gasteiger charge is -2.62. The first-order valence-corrected chi connectivity index (χ1v) is 6.88. The number of hydrogen-bond acceptors (Lipinski definition) is 1. The zero-order valence-electron chi connectivity index (χ0n) is 12.6. The van der Waals surface area contributed by atoms with Gasteiger partial charge in [-0.05, 0) is 33.1 Å². The van der Waals surface area contributed by atoms with Crippen molar-refractivity contribution in [3.8, 4) is 0 Å². The first-order chi connectivity index (χ1) is 7.79. The molecule has 0 aromatic rings. The molecule has 2 unspecified atom stereocenters. The van der Waals surface area contributed by atoms with Gasteiger partial charge in [0.15, 0.2) is 5.96 Å². The molecular formula is C14H28IN3. The fourth-order valence-electron chi connectivity index (χ4n) is 2.45. The lowest BCUT2D eigenvalue weighted by atomic mass is 9.65. The molecule has 0 spiro atoms. The Morgan fingerprint density at radius 2 is 1.89 bits per heavy atom. The van der Waals surface area contributed by atoms with E-state index in [2.05, 4.69) is 56.8 Å². The van der Waals surface area contributed by atoms with E-state index in [1.54, 1.807) is 0 Å². The van der Waals surface area contributed by atoms with Crippen molar-refractivity contribution < 1.29 is 0 Å². The zero-order chi connectivity index (χ0) is 12.8. The van der Waals surface area contributed by atoms with Gasteiger partial charge in [0.25, 0.3) is 0 Å². The number of likely N-dealkylation sites (tertiary alicyclic amines) is 1. The number of halogens is 1. The van der Waals surface area contributed by atoms with Crippen molar-refractivity contribution in [2.24, 2.45) is 16.3 Å². The Kier molecular flexibility index (Phi) is 4.62. The van der Waals surface area contributed by atoms with Crippen molar-refractivity contribution >= 4 is 29.9 Å². The van der Waals surface area contributed by atoms with Crippen molar-refractivity contribution in [1.29, 1.82) is 0 Å². The normalized spacial score (nSPS) is 32.3. The van der Waals surface area contributed by atoms with E-state index < -0.39 is 0 Å². The van der Waals surface area contributed by atoms with Crippen LogP contribution >= 0.6 is 24.0 Å². The van der Waals surface area contributed by atoms with E-state index in [1.165, 1.54) is 6.42 Å². The fourth-order valence-corrected chi connectivity index (χ4v) is 2.45. The van der Waals surface area contributed by atoms with Crippen LogP contribution in [0.2, 0.25) is 0 Å². The summed E-state index contributed by atoms with van der Waals surface area (Å²) in [6, 6.07) is 0.653. The van der Waals surface area contributed by atoms with Crippen molar-refractivity contribution in [3.63, 3.8) is 0 Å². The minimum absolute atomic E-state index is 0. The number of hydrogen-bond donors (Lipinski definition) is 1. The van der Waals surface area contributed by atoms with E-state index in [9.17, 15) is 0 Å². The number of nitrogens with zero attached hydrogens (tertiary/aromatic N) is 2. The number of rotatable bonds is 2. The molecule has 0 aromatic heterocycles. The average Bonchev–Trinajstić information content (AvgIpc) is 2.90. The van der Waals surface area contributed by atoms with Crippen LogP contribution in [0, 0.1) is 11.3 Å². The molecular weight excluding hydrogens is 337 g/mol. The number of guanidine groups is 1. The summed E-state index contributed by atoms with van der Waals surface area (Å²) in [7, 11) is 0. The maximum absolute atomic E-state index is 4.65. The molecule has 2 atom stereocenters. The van der Waals surface area contributed by atoms with Gasteiger partial charge in [0.05, 0.1) is 0 Å². The van der Waals surface area contributed by atoms with Crippen LogP contribution in [0.15, 0.2) is 4.99 Å². The predicted octanol–water partition coefficient (Wildman–Crippen LogP) is 3.10. The maximum Gasteiger partial charge on any atom is 0.194 e. The smallest absolute Gasteiger partial charge is 0.194 e. The van der Waals surface area contributed by atoms with Crippen LogP contribution in [0.4, 0.5) is 0 Å². The van der Waals surface area contributed by atoms with Gasteiger partial charge in [-0.25, -0.2) is 0 Å². The molecule has 4 heteroatoms. The molecule has 1 heterocycles. The van der Waals surface area contributed by atoms with E-state index in [0.29, 0.717) is 11.5 Å². The minimum atomic E-state index is 0. The van der Waals surface area contributed by atoms with Crippen molar-refractivity contribution in [1.82, 2.24) is 10.2 Å². The first kappa shape index (κ1) is 16.1. The molecule has 1 saturated heterocycles. The molecule has 3 nitrogen and oxygen atoms in total. The summed E-state index contributed by atoms with van der Waals surface area (Å²) in [5.74, 6) is 1.93. The molecule has 0 amide bonds. The highest BCUT2D eigenvalue weighted by molar-refractivity contribution is 14.0. The molecule has 2 rings (SSSR count). The van der Waals surface area contributed by atoms with Gasteiger partial charge in [0.1, 0.15) is 0 Å². The standard InChI is InChI=1S/C14H27N3.HI/c1-7-15-12(16-11-8-10(11)2)17-9-13(3,4)14(17,5)6;/h10-11H,7-9H2,1-6H3,(H,15,16);1H. The number of nitrogens with one attached hydrogen (secondary N) is 1. The van der Waals surface area contributed by atoms with Crippen molar-refractivity contribution in [2.45, 2.75) is 59.5 Å². The Hall–Kier alpha value is 0. The van der Waals surface area contributed by atoms with Crippen LogP contribution in [-0.2, 0) is 0 Å². The maximum atomic E-state index is 4.65. The third-order valence-corrected chi connectivity index (χ3v) is 4.87. The average molecular weight is 365 g/mol. The van der Waals surface area contributed by atoms with E-state index in [-0.39, 0.29) is 29.5 Å². The first-order valence-electron chi connectivity index (χ1n) is 6.88. The van der Waals surface area contributed by atoms with Gasteiger partial charge in [0, 0.05) is 30.1 Å². The van der Waals surface area contributed by atoms with Crippen LogP contribution < -0.4 is 5.32 Å². The second-order valence-electron chi connectivity index (χ2n) is 6.79. The van der Waals surface area contributed by atoms with Crippen molar-refractivity contribution in [3.05, 3.63) is 0 Å². The van der Waals surface area contributed by atoms with Gasteiger partial charge in [0.2, 0.25) is 0 Å². The molecule has 1 N–H and O–H groups in total. The molecule has 106 valence electrons. The van der Waals surface area contributed by atoms with E-state index >= 15 is 0 Å². The number of aliphatic imine (C=N–C) groups is 1. The molecule has 18 heavy (non-hydrogen) atoms. The molecule has 0 bridgehead atoms. The third-order valence-electron chi connectivity index (χ3n) is 4.87. The van der Waals surface area contributed by atoms with Crippen LogP contribution in [0.1, 0.15) is 48.0 Å². The van der Waals surface area contributed by atoms with Crippen LogP contribution in [0.5, 0.6) is 0 Å². The second kappa shape index (κ2) is 5.17. The molecule has 1 aliphatic heterocycles. The summed E-state index contributed by atoms with van der Waals surface area (Å²) in [5, 5.41) is 3.61. The van der Waals surface area contributed by atoms with E-state index in [4.69, 9.17) is 0 Å². The molecule has 1 saturated carbocycles. The van der Waals surface area contributed by atoms with Crippen LogP contribution in [0.3, 0.4) is 0 Å². The summed E-state index contributed by atoms with van der Waals surface area (Å²) in [6.45, 7) is 15.7. The topological polar surface area (TPSA) is 27.6 Å². The van der Waals surface area contributed by atoms with E-state index in [1.807, 2.05) is 0 Å². The van der Waals surface area contributed by atoms with Crippen molar-refractivity contribution in [2.75, 3.05) is 13.1 Å². The summed E-state index contributed by atoms with van der Waals surface area (Å²) >= 11 is 0. The largest absolute Gasteiger partial charge is 0.353 e. The van der Waals surface area contributed by atoms with Gasteiger partial charge < -0.3 is 10.2 Å². The SMILES string of the molecule is CCN=C(NC1CC1C)N1CC(C)(C)C1(C)C.I. The molecule has 2 fully saturated rings. The molecule has 1 aliphatic carbocycles. The third kappa shape index (κ3) is 2.63. The Bertz CT molecular complexity index is 336. The minimum Gasteiger partial charge on any atom is -0.353 e. The summed E-state index contributed by atoms with van der Waals surface area (Å²) < 4.78 is 0. The summed E-state index contributed by atoms with van der Waals surface area (Å²) in [5.41, 5.74) is 0.574. The quantitative estimate of drug-likeness (QED) is 0.463. The lowest BCUT2D eigenvalue weighted by Crippen LogP contribution is -2.72. The van der Waals surface area contributed by atoms with Gasteiger partial charge >= 0.3 is 0 Å². The van der Waals surface area contributed by atoms with Gasteiger partial charge in [-0.15, -0.1) is 24.0 Å². The zero-order valence-corrected chi connectivity index (χ0v) is 14.9. The Morgan fingerprint density at radius 3 is 2.22 bits per heavy atom. The second-order valence-corrected chi connectivity index (χ2v) is 6.79. The highest BCUT2D eigenvalue weighted by Gasteiger charge is 2.54. The predicted molar refractivity (Wildman–Crippen MR) is 88.7 cm³/mol. The van der Waals surface area contributed by atoms with Crippen LogP contribution in [0.25, 0.3) is 0 Å². The van der Waals surface area contributed by atoms with E-state index in [0.717, 1.165) is 25.0 Å².